The van der Waals surface area contributed by atoms with Gasteiger partial charge in [-0.25, -0.2) is 4.39 Å². The molecule has 0 aliphatic carbocycles. The predicted molar refractivity (Wildman–Crippen MR) is 72.1 cm³/mol. The van der Waals surface area contributed by atoms with E-state index in [4.69, 9.17) is 27.9 Å². The van der Waals surface area contributed by atoms with Crippen molar-refractivity contribution in [3.05, 3.63) is 63.9 Å². The van der Waals surface area contributed by atoms with Crippen LogP contribution >= 0.6 is 23.2 Å². The summed E-state index contributed by atoms with van der Waals surface area (Å²) in [4.78, 5) is 0. The Hall–Kier alpha value is -1.25. The first-order valence-corrected chi connectivity index (χ1v) is 6.23. The molecular weight excluding hydrogens is 274 g/mol. The van der Waals surface area contributed by atoms with Gasteiger partial charge in [-0.15, -0.1) is 0 Å². The molecule has 0 atom stereocenters. The maximum atomic E-state index is 12.7. The largest absolute Gasteiger partial charge is 0.490 e. The van der Waals surface area contributed by atoms with Crippen molar-refractivity contribution in [3.8, 4) is 5.75 Å². The average molecular weight is 285 g/mol. The summed E-state index contributed by atoms with van der Waals surface area (Å²) in [6, 6.07) is 11.5. The monoisotopic (exact) mass is 284 g/mol. The SMILES string of the molecule is Fc1ccc(CCOc2c(Cl)cccc2Cl)cc1. The van der Waals surface area contributed by atoms with Crippen LogP contribution in [-0.2, 0) is 6.42 Å². The fourth-order valence-corrected chi connectivity index (χ4v) is 2.05. The molecule has 0 bridgehead atoms. The van der Waals surface area contributed by atoms with Crippen LogP contribution in [0.5, 0.6) is 5.75 Å². The maximum absolute atomic E-state index is 12.7. The molecule has 2 rings (SSSR count). The van der Waals surface area contributed by atoms with Gasteiger partial charge in [0.05, 0.1) is 16.7 Å². The van der Waals surface area contributed by atoms with Gasteiger partial charge in [-0.3, -0.25) is 0 Å². The molecule has 94 valence electrons. The van der Waals surface area contributed by atoms with Crippen LogP contribution in [0.3, 0.4) is 0 Å². The molecule has 4 heteroatoms. The van der Waals surface area contributed by atoms with Crippen molar-refractivity contribution in [2.75, 3.05) is 6.61 Å². The summed E-state index contributed by atoms with van der Waals surface area (Å²) in [5.74, 6) is 0.247. The molecule has 0 aliphatic heterocycles. The van der Waals surface area contributed by atoms with Gasteiger partial charge in [-0.1, -0.05) is 41.4 Å². The van der Waals surface area contributed by atoms with Gasteiger partial charge in [-0.05, 0) is 29.8 Å². The van der Waals surface area contributed by atoms with Gasteiger partial charge in [0, 0.05) is 6.42 Å². The normalized spacial score (nSPS) is 10.4. The summed E-state index contributed by atoms with van der Waals surface area (Å²) in [7, 11) is 0. The van der Waals surface area contributed by atoms with E-state index in [9.17, 15) is 4.39 Å². The average Bonchev–Trinajstić information content (AvgIpc) is 2.35. The molecule has 0 saturated carbocycles. The number of benzene rings is 2. The van der Waals surface area contributed by atoms with Crippen LogP contribution in [0.2, 0.25) is 10.0 Å². The van der Waals surface area contributed by atoms with E-state index in [-0.39, 0.29) is 5.82 Å². The summed E-state index contributed by atoms with van der Waals surface area (Å²) in [6.07, 6.45) is 0.668. The summed E-state index contributed by atoms with van der Waals surface area (Å²) in [6.45, 7) is 0.440. The topological polar surface area (TPSA) is 9.23 Å². The van der Waals surface area contributed by atoms with E-state index in [0.29, 0.717) is 28.8 Å². The van der Waals surface area contributed by atoms with Crippen molar-refractivity contribution in [1.29, 1.82) is 0 Å². The zero-order chi connectivity index (χ0) is 13.0. The molecule has 0 heterocycles. The Morgan fingerprint density at radius 3 is 2.17 bits per heavy atom. The molecule has 0 fully saturated rings. The molecule has 0 amide bonds. The summed E-state index contributed by atoms with van der Waals surface area (Å²) in [5, 5.41) is 0.975. The highest BCUT2D eigenvalue weighted by molar-refractivity contribution is 6.37. The van der Waals surface area contributed by atoms with Gasteiger partial charge in [-0.2, -0.15) is 0 Å². The van der Waals surface area contributed by atoms with Gasteiger partial charge in [0.1, 0.15) is 5.82 Å². The van der Waals surface area contributed by atoms with Crippen LogP contribution in [0, 0.1) is 5.82 Å². The third-order valence-electron chi connectivity index (χ3n) is 2.47. The molecule has 0 saturated heterocycles. The molecular formula is C14H11Cl2FO. The van der Waals surface area contributed by atoms with E-state index in [2.05, 4.69) is 0 Å². The van der Waals surface area contributed by atoms with E-state index in [1.807, 2.05) is 0 Å². The maximum Gasteiger partial charge on any atom is 0.156 e. The highest BCUT2D eigenvalue weighted by Crippen LogP contribution is 2.32. The molecule has 0 aliphatic rings. The minimum atomic E-state index is -0.242. The van der Waals surface area contributed by atoms with E-state index < -0.39 is 0 Å². The smallest absolute Gasteiger partial charge is 0.156 e. The number of para-hydroxylation sites is 1. The Bertz CT molecular complexity index is 506. The van der Waals surface area contributed by atoms with Gasteiger partial charge in [0.25, 0.3) is 0 Å². The second-order valence-electron chi connectivity index (χ2n) is 3.78. The van der Waals surface area contributed by atoms with E-state index in [1.165, 1.54) is 12.1 Å². The molecule has 18 heavy (non-hydrogen) atoms. The highest BCUT2D eigenvalue weighted by atomic mass is 35.5. The molecule has 2 aromatic carbocycles. The van der Waals surface area contributed by atoms with Crippen molar-refractivity contribution in [2.45, 2.75) is 6.42 Å². The van der Waals surface area contributed by atoms with E-state index in [0.717, 1.165) is 5.56 Å². The first kappa shape index (κ1) is 13.2. The lowest BCUT2D eigenvalue weighted by atomic mass is 10.2. The molecule has 0 radical (unpaired) electrons. The van der Waals surface area contributed by atoms with Crippen molar-refractivity contribution < 1.29 is 9.13 Å². The first-order valence-electron chi connectivity index (χ1n) is 5.48. The molecule has 0 spiro atoms. The van der Waals surface area contributed by atoms with Crippen molar-refractivity contribution in [2.24, 2.45) is 0 Å². The lowest BCUT2D eigenvalue weighted by Gasteiger charge is -2.09. The summed E-state index contributed by atoms with van der Waals surface area (Å²) in [5.41, 5.74) is 1.000. The third-order valence-corrected chi connectivity index (χ3v) is 3.06. The fourth-order valence-electron chi connectivity index (χ4n) is 1.54. The Morgan fingerprint density at radius 1 is 0.944 bits per heavy atom. The summed E-state index contributed by atoms with van der Waals surface area (Å²) < 4.78 is 18.3. The van der Waals surface area contributed by atoms with Crippen molar-refractivity contribution in [3.63, 3.8) is 0 Å². The number of ether oxygens (including phenoxy) is 1. The third kappa shape index (κ3) is 3.37. The molecule has 2 aromatic rings. The van der Waals surface area contributed by atoms with Gasteiger partial charge < -0.3 is 4.74 Å². The number of halogens is 3. The van der Waals surface area contributed by atoms with Gasteiger partial charge >= 0.3 is 0 Å². The van der Waals surface area contributed by atoms with Crippen LogP contribution in [0.25, 0.3) is 0 Å². The zero-order valence-electron chi connectivity index (χ0n) is 9.50. The Labute approximate surface area is 115 Å². The molecule has 0 aromatic heterocycles. The second-order valence-corrected chi connectivity index (χ2v) is 4.59. The zero-order valence-corrected chi connectivity index (χ0v) is 11.0. The molecule has 1 nitrogen and oxygen atoms in total. The summed E-state index contributed by atoms with van der Waals surface area (Å²) >= 11 is 11.9. The van der Waals surface area contributed by atoms with Crippen molar-refractivity contribution in [1.82, 2.24) is 0 Å². The van der Waals surface area contributed by atoms with Gasteiger partial charge in [0.15, 0.2) is 5.75 Å². The van der Waals surface area contributed by atoms with E-state index >= 15 is 0 Å². The van der Waals surface area contributed by atoms with Crippen LogP contribution in [0.4, 0.5) is 4.39 Å². The molecule has 0 unspecified atom stereocenters. The standard InChI is InChI=1S/C14H11Cl2FO/c15-12-2-1-3-13(16)14(12)18-9-8-10-4-6-11(17)7-5-10/h1-7H,8-9H2. The molecule has 0 N–H and O–H groups in total. The lowest BCUT2D eigenvalue weighted by Crippen LogP contribution is -2.02. The van der Waals surface area contributed by atoms with Crippen LogP contribution in [-0.4, -0.2) is 6.61 Å². The minimum Gasteiger partial charge on any atom is -0.490 e. The second kappa shape index (κ2) is 6.07. The Morgan fingerprint density at radius 2 is 1.56 bits per heavy atom. The number of hydrogen-bond acceptors (Lipinski definition) is 1. The fraction of sp³-hybridized carbons (Fsp3) is 0.143. The van der Waals surface area contributed by atoms with Crippen molar-refractivity contribution >= 4 is 23.2 Å². The van der Waals surface area contributed by atoms with Crippen LogP contribution in [0.15, 0.2) is 42.5 Å². The van der Waals surface area contributed by atoms with Gasteiger partial charge in [0.2, 0.25) is 0 Å². The quantitative estimate of drug-likeness (QED) is 0.787. The number of rotatable bonds is 4. The Balaban J connectivity index is 1.94. The minimum absolute atomic E-state index is 0.242. The predicted octanol–water partition coefficient (Wildman–Crippen LogP) is 4.75. The Kier molecular flexibility index (Phi) is 4.45. The van der Waals surface area contributed by atoms with Crippen LogP contribution < -0.4 is 4.74 Å². The van der Waals surface area contributed by atoms with Crippen LogP contribution in [0.1, 0.15) is 5.56 Å². The highest BCUT2D eigenvalue weighted by Gasteiger charge is 2.06. The number of hydrogen-bond donors (Lipinski definition) is 0. The van der Waals surface area contributed by atoms with E-state index in [1.54, 1.807) is 30.3 Å². The lowest BCUT2D eigenvalue weighted by molar-refractivity contribution is 0.322. The first-order chi connectivity index (χ1) is 8.66.